The fourth-order valence-corrected chi connectivity index (χ4v) is 7.86. The number of hydrogen-bond acceptors (Lipinski definition) is 10. The number of ether oxygens (including phenoxy) is 3. The van der Waals surface area contributed by atoms with E-state index in [9.17, 15) is 18.0 Å². The second-order valence-corrected chi connectivity index (χ2v) is 15.2. The minimum absolute atomic E-state index is 0.000783. The second kappa shape index (κ2) is 16.9. The van der Waals surface area contributed by atoms with Crippen LogP contribution in [0.4, 0.5) is 24.7 Å². The third-order valence-electron chi connectivity index (χ3n) is 10.2. The van der Waals surface area contributed by atoms with Crippen LogP contribution < -0.4 is 19.3 Å². The maximum absolute atomic E-state index is 14.8. The lowest BCUT2D eigenvalue weighted by Crippen LogP contribution is -2.29. The second-order valence-electron chi connectivity index (χ2n) is 14.1. The van der Waals surface area contributed by atoms with Crippen molar-refractivity contribution in [1.82, 2.24) is 24.6 Å². The first-order chi connectivity index (χ1) is 27.4. The Labute approximate surface area is 338 Å². The van der Waals surface area contributed by atoms with Crippen LogP contribution in [0, 0.1) is 0 Å². The molecule has 0 bridgehead atoms. The molecule has 0 fully saturated rings. The quantitative estimate of drug-likeness (QED) is 0.0958. The van der Waals surface area contributed by atoms with Crippen LogP contribution in [0.1, 0.15) is 62.2 Å². The van der Waals surface area contributed by atoms with Gasteiger partial charge in [0.15, 0.2) is 10.9 Å². The van der Waals surface area contributed by atoms with Gasteiger partial charge in [-0.25, -0.2) is 9.97 Å². The maximum atomic E-state index is 14.8. The molecule has 0 radical (unpaired) electrons. The van der Waals surface area contributed by atoms with Gasteiger partial charge in [0.25, 0.3) is 5.91 Å². The average molecular weight is 822 g/mol. The molecule has 11 nitrogen and oxygen atoms in total. The molecular formula is C41H43ClF3N7O4S. The molecule has 0 N–H and O–H groups in total. The molecule has 0 saturated carbocycles. The molecule has 2 aromatic heterocycles. The summed E-state index contributed by atoms with van der Waals surface area (Å²) in [6.45, 7) is 2.33. The number of anilines is 2. The molecular weight excluding hydrogens is 779 g/mol. The van der Waals surface area contributed by atoms with Crippen LogP contribution in [0.3, 0.4) is 0 Å². The molecule has 7 rings (SSSR count). The van der Waals surface area contributed by atoms with Crippen molar-refractivity contribution in [3.8, 4) is 11.5 Å². The van der Waals surface area contributed by atoms with Gasteiger partial charge in [-0.05, 0) is 71.8 Å². The smallest absolute Gasteiger partial charge is 0.416 e. The summed E-state index contributed by atoms with van der Waals surface area (Å²) in [5.74, 6) is 1.76. The van der Waals surface area contributed by atoms with Crippen molar-refractivity contribution < 1.29 is 32.2 Å². The number of fused-ring (bicyclic) bond motifs is 2. The van der Waals surface area contributed by atoms with Gasteiger partial charge in [0, 0.05) is 57.9 Å². The number of nitrogens with zero attached hydrogens (tertiary/aromatic N) is 7. The fourth-order valence-electron chi connectivity index (χ4n) is 7.21. The summed E-state index contributed by atoms with van der Waals surface area (Å²) in [7, 11) is 6.49. The summed E-state index contributed by atoms with van der Waals surface area (Å²) < 4.78 is 63.3. The van der Waals surface area contributed by atoms with Gasteiger partial charge in [-0.3, -0.25) is 9.48 Å². The summed E-state index contributed by atoms with van der Waals surface area (Å²) in [5, 5.41) is 5.31. The molecule has 16 heteroatoms. The van der Waals surface area contributed by atoms with E-state index in [4.69, 9.17) is 35.8 Å². The van der Waals surface area contributed by atoms with Crippen LogP contribution in [0.25, 0.3) is 0 Å². The molecule has 1 amide bonds. The number of methoxy groups -OCH3 is 2. The highest BCUT2D eigenvalue weighted by atomic mass is 35.5. The molecule has 5 aromatic rings. The first kappa shape index (κ1) is 40.2. The van der Waals surface area contributed by atoms with Crippen molar-refractivity contribution in [3.63, 3.8) is 0 Å². The zero-order valence-electron chi connectivity index (χ0n) is 32.3. The number of carbonyl (C=O) groups is 1. The molecule has 0 spiro atoms. The van der Waals surface area contributed by atoms with E-state index in [-0.39, 0.29) is 35.2 Å². The molecule has 57 heavy (non-hydrogen) atoms. The highest BCUT2D eigenvalue weighted by Crippen LogP contribution is 2.43. The predicted molar refractivity (Wildman–Crippen MR) is 213 cm³/mol. The Morgan fingerprint density at radius 1 is 0.965 bits per heavy atom. The van der Waals surface area contributed by atoms with Crippen LogP contribution >= 0.6 is 23.4 Å². The lowest BCUT2D eigenvalue weighted by atomic mass is 9.94. The SMILES string of the molecule is COc1ccc(CN(Cc2ccc(OC)cc2)c2ccc(C(F)(F)F)c(C3Cc4nc(SC)nc(N5CCCn6nc(C(=O)N(C)C)c(Cl)c6C5)c4CO3)c2)cc1. The Hall–Kier alpha value is -4.99. The number of halogens is 4. The molecule has 300 valence electrons. The van der Waals surface area contributed by atoms with Crippen molar-refractivity contribution in [2.45, 2.75) is 63.1 Å². The van der Waals surface area contributed by atoms with Gasteiger partial charge in [-0.15, -0.1) is 0 Å². The molecule has 0 saturated heterocycles. The van der Waals surface area contributed by atoms with E-state index in [0.717, 1.165) is 17.2 Å². The Morgan fingerprint density at radius 3 is 2.19 bits per heavy atom. The van der Waals surface area contributed by atoms with Crippen LogP contribution in [-0.2, 0) is 50.1 Å². The van der Waals surface area contributed by atoms with Gasteiger partial charge in [-0.2, -0.15) is 18.3 Å². The van der Waals surface area contributed by atoms with E-state index < -0.39 is 17.8 Å². The minimum atomic E-state index is -4.63. The highest BCUT2D eigenvalue weighted by molar-refractivity contribution is 7.98. The number of rotatable bonds is 11. The van der Waals surface area contributed by atoms with Gasteiger partial charge in [0.1, 0.15) is 17.3 Å². The van der Waals surface area contributed by atoms with Gasteiger partial charge >= 0.3 is 6.18 Å². The average Bonchev–Trinajstić information content (AvgIpc) is 3.37. The van der Waals surface area contributed by atoms with E-state index in [1.54, 1.807) is 39.1 Å². The van der Waals surface area contributed by atoms with E-state index in [1.165, 1.54) is 22.7 Å². The maximum Gasteiger partial charge on any atom is 0.416 e. The van der Waals surface area contributed by atoms with E-state index >= 15 is 0 Å². The number of thioether (sulfide) groups is 1. The zero-order valence-corrected chi connectivity index (χ0v) is 33.8. The lowest BCUT2D eigenvalue weighted by Gasteiger charge is -2.32. The standard InChI is InChI=1S/C41H43ClF3N7O4S/c1-49(2)39(53)37-36(42)34-23-50(17-6-18-52(34)48-37)38-31-24-56-35(20-33(31)46-40(47-38)57-5)30-19-27(11-16-32(30)41(43,44)45)51(21-25-7-12-28(54-3)13-8-25)22-26-9-14-29(55-4)15-10-26/h7-16,19,35H,6,17-18,20-24H2,1-5H3. The number of amides is 1. The van der Waals surface area contributed by atoms with Crippen molar-refractivity contribution >= 4 is 40.8 Å². The Morgan fingerprint density at radius 2 is 1.61 bits per heavy atom. The van der Waals surface area contributed by atoms with Crippen molar-refractivity contribution in [3.05, 3.63) is 117 Å². The number of hydrogen-bond donors (Lipinski definition) is 0. The first-order valence-electron chi connectivity index (χ1n) is 18.4. The summed E-state index contributed by atoms with van der Waals surface area (Å²) in [6.07, 6.45) is -2.90. The van der Waals surface area contributed by atoms with Crippen LogP contribution in [0.5, 0.6) is 11.5 Å². The van der Waals surface area contributed by atoms with Crippen molar-refractivity contribution in [2.24, 2.45) is 0 Å². The van der Waals surface area contributed by atoms with Crippen LogP contribution in [0.2, 0.25) is 5.02 Å². The highest BCUT2D eigenvalue weighted by Gasteiger charge is 2.38. The first-order valence-corrected chi connectivity index (χ1v) is 20.0. The third-order valence-corrected chi connectivity index (χ3v) is 11.1. The molecule has 1 unspecified atom stereocenters. The van der Waals surface area contributed by atoms with E-state index in [2.05, 4.69) is 10.00 Å². The fraction of sp³-hybridized carbons (Fsp3) is 0.366. The summed E-state index contributed by atoms with van der Waals surface area (Å²) in [5.41, 5.74) is 4.02. The lowest BCUT2D eigenvalue weighted by molar-refractivity contribution is -0.139. The third kappa shape index (κ3) is 8.65. The number of carbonyl (C=O) groups excluding carboxylic acids is 1. The molecule has 2 aliphatic rings. The zero-order chi connectivity index (χ0) is 40.4. The minimum Gasteiger partial charge on any atom is -0.497 e. The molecule has 3 aromatic carbocycles. The molecule has 2 aliphatic heterocycles. The topological polar surface area (TPSA) is 98.1 Å². The Bertz CT molecular complexity index is 2190. The van der Waals surface area contributed by atoms with Crippen LogP contribution in [0.15, 0.2) is 71.9 Å². The van der Waals surface area contributed by atoms with Gasteiger partial charge < -0.3 is 28.9 Å². The largest absolute Gasteiger partial charge is 0.497 e. The summed E-state index contributed by atoms with van der Waals surface area (Å²) in [6, 6.07) is 19.5. The summed E-state index contributed by atoms with van der Waals surface area (Å²) >= 11 is 8.13. The number of aryl methyl sites for hydroxylation is 1. The molecule has 0 aliphatic carbocycles. The number of benzene rings is 3. The monoisotopic (exact) mass is 821 g/mol. The summed E-state index contributed by atoms with van der Waals surface area (Å²) in [4.78, 5) is 28.1. The molecule has 1 atom stereocenters. The molecule has 4 heterocycles. The van der Waals surface area contributed by atoms with E-state index in [0.29, 0.717) is 84.3 Å². The van der Waals surface area contributed by atoms with Gasteiger partial charge in [0.2, 0.25) is 0 Å². The number of aromatic nitrogens is 4. The van der Waals surface area contributed by atoms with Gasteiger partial charge in [-0.1, -0.05) is 47.6 Å². The van der Waals surface area contributed by atoms with Crippen LogP contribution in [-0.4, -0.2) is 71.7 Å². The normalized spacial score (nSPS) is 15.4. The van der Waals surface area contributed by atoms with Crippen molar-refractivity contribution in [2.75, 3.05) is 50.9 Å². The van der Waals surface area contributed by atoms with Crippen molar-refractivity contribution in [1.29, 1.82) is 0 Å². The van der Waals surface area contributed by atoms with Gasteiger partial charge in [0.05, 0.1) is 55.4 Å². The number of alkyl halides is 3. The van der Waals surface area contributed by atoms with E-state index in [1.807, 2.05) is 59.7 Å². The Kier molecular flexibility index (Phi) is 11.9. The predicted octanol–water partition coefficient (Wildman–Crippen LogP) is 8.22. The Balaban J connectivity index is 1.23.